The maximum absolute atomic E-state index is 12.0. The lowest BCUT2D eigenvalue weighted by Crippen LogP contribution is -2.40. The summed E-state index contributed by atoms with van der Waals surface area (Å²) in [4.78, 5) is 12.0. The van der Waals surface area contributed by atoms with Crippen molar-refractivity contribution in [2.45, 2.75) is 45.1 Å². The number of amides is 1. The molecule has 0 heterocycles. The molecule has 0 aromatic heterocycles. The van der Waals surface area contributed by atoms with Crippen molar-refractivity contribution in [3.63, 3.8) is 0 Å². The number of hydrogen-bond acceptors (Lipinski definition) is 2. The zero-order valence-electron chi connectivity index (χ0n) is 12.8. The predicted octanol–water partition coefficient (Wildman–Crippen LogP) is 3.40. The van der Waals surface area contributed by atoms with Gasteiger partial charge in [0.05, 0.1) is 13.0 Å². The highest BCUT2D eigenvalue weighted by atomic mass is 16.5. The molecule has 0 saturated heterocycles. The van der Waals surface area contributed by atoms with Crippen LogP contribution < -0.4 is 10.1 Å². The van der Waals surface area contributed by atoms with E-state index < -0.39 is 0 Å². The van der Waals surface area contributed by atoms with Crippen LogP contribution in [0.2, 0.25) is 0 Å². The molecule has 2 bridgehead atoms. The summed E-state index contributed by atoms with van der Waals surface area (Å²) < 4.78 is 5.57. The summed E-state index contributed by atoms with van der Waals surface area (Å²) in [5, 5.41) is 3.17. The van der Waals surface area contributed by atoms with Gasteiger partial charge in [0, 0.05) is 6.04 Å². The van der Waals surface area contributed by atoms with Gasteiger partial charge < -0.3 is 10.1 Å². The Morgan fingerprint density at radius 2 is 2.10 bits per heavy atom. The monoisotopic (exact) mass is 287 g/mol. The molecule has 0 spiro atoms. The number of ether oxygens (including phenoxy) is 1. The molecule has 2 aliphatic rings. The topological polar surface area (TPSA) is 38.3 Å². The Morgan fingerprint density at radius 3 is 2.76 bits per heavy atom. The van der Waals surface area contributed by atoms with Crippen LogP contribution in [0.5, 0.6) is 5.75 Å². The van der Waals surface area contributed by atoms with Crippen molar-refractivity contribution in [1.82, 2.24) is 5.32 Å². The van der Waals surface area contributed by atoms with Crippen LogP contribution in [0.1, 0.15) is 39.0 Å². The van der Waals surface area contributed by atoms with E-state index in [9.17, 15) is 4.79 Å². The van der Waals surface area contributed by atoms with Crippen molar-refractivity contribution in [3.05, 3.63) is 30.3 Å². The van der Waals surface area contributed by atoms with Gasteiger partial charge in [0.25, 0.3) is 0 Å². The largest absolute Gasteiger partial charge is 0.493 e. The summed E-state index contributed by atoms with van der Waals surface area (Å²) in [7, 11) is 0. The first-order valence-electron chi connectivity index (χ1n) is 8.19. The van der Waals surface area contributed by atoms with Crippen LogP contribution in [-0.4, -0.2) is 18.6 Å². The molecule has 2 aliphatic carbocycles. The molecule has 0 aliphatic heterocycles. The number of carbonyl (C=O) groups is 1. The number of carbonyl (C=O) groups excluding carboxylic acids is 1. The molecule has 1 amide bonds. The molecule has 21 heavy (non-hydrogen) atoms. The smallest absolute Gasteiger partial charge is 0.223 e. The van der Waals surface area contributed by atoms with Crippen LogP contribution in [0.4, 0.5) is 0 Å². The van der Waals surface area contributed by atoms with Gasteiger partial charge in [-0.3, -0.25) is 4.79 Å². The van der Waals surface area contributed by atoms with E-state index in [1.807, 2.05) is 30.3 Å². The second kappa shape index (κ2) is 6.50. The van der Waals surface area contributed by atoms with Crippen molar-refractivity contribution in [2.75, 3.05) is 6.61 Å². The fraction of sp³-hybridized carbons (Fsp3) is 0.611. The first-order chi connectivity index (χ1) is 10.2. The minimum absolute atomic E-state index is 0.112. The Morgan fingerprint density at radius 1 is 1.29 bits per heavy atom. The normalized spacial score (nSPS) is 28.3. The van der Waals surface area contributed by atoms with Gasteiger partial charge >= 0.3 is 0 Å². The third-order valence-corrected chi connectivity index (χ3v) is 5.16. The van der Waals surface area contributed by atoms with Crippen LogP contribution >= 0.6 is 0 Å². The highest BCUT2D eigenvalue weighted by Gasteiger charge is 2.41. The average molecular weight is 287 g/mol. The Kier molecular flexibility index (Phi) is 4.47. The number of para-hydroxylation sites is 1. The number of nitrogens with one attached hydrogen (secondary N) is 1. The Hall–Kier alpha value is -1.51. The third-order valence-electron chi connectivity index (χ3n) is 5.16. The molecule has 0 unspecified atom stereocenters. The van der Waals surface area contributed by atoms with E-state index in [1.165, 1.54) is 25.7 Å². The minimum atomic E-state index is 0.112. The van der Waals surface area contributed by atoms with Gasteiger partial charge in [0.2, 0.25) is 5.91 Å². The minimum Gasteiger partial charge on any atom is -0.493 e. The van der Waals surface area contributed by atoms with E-state index in [1.54, 1.807) is 0 Å². The lowest BCUT2D eigenvalue weighted by Gasteiger charge is -2.28. The average Bonchev–Trinajstić information content (AvgIpc) is 3.11. The number of fused-ring (bicyclic) bond motifs is 2. The second-order valence-electron chi connectivity index (χ2n) is 6.61. The van der Waals surface area contributed by atoms with Gasteiger partial charge in [-0.2, -0.15) is 0 Å². The van der Waals surface area contributed by atoms with Crippen LogP contribution in [0.25, 0.3) is 0 Å². The Labute approximate surface area is 127 Å². The van der Waals surface area contributed by atoms with Crippen molar-refractivity contribution in [3.8, 4) is 5.75 Å². The van der Waals surface area contributed by atoms with E-state index in [-0.39, 0.29) is 5.91 Å². The summed E-state index contributed by atoms with van der Waals surface area (Å²) in [5.41, 5.74) is 0. The molecule has 1 aromatic rings. The van der Waals surface area contributed by atoms with Crippen molar-refractivity contribution in [1.29, 1.82) is 0 Å². The molecule has 2 fully saturated rings. The number of rotatable bonds is 6. The maximum atomic E-state index is 12.0. The van der Waals surface area contributed by atoms with Gasteiger partial charge in [0.15, 0.2) is 0 Å². The van der Waals surface area contributed by atoms with E-state index >= 15 is 0 Å². The summed E-state index contributed by atoms with van der Waals surface area (Å²) in [5.74, 6) is 3.42. The van der Waals surface area contributed by atoms with E-state index in [0.29, 0.717) is 25.0 Å². The molecule has 3 heteroatoms. The molecule has 3 nitrogen and oxygen atoms in total. The van der Waals surface area contributed by atoms with Crippen LogP contribution in [0, 0.1) is 17.8 Å². The first-order valence-corrected chi connectivity index (χ1v) is 8.19. The first kappa shape index (κ1) is 14.4. The molecular weight excluding hydrogens is 262 g/mol. The zero-order chi connectivity index (χ0) is 14.7. The van der Waals surface area contributed by atoms with Crippen molar-refractivity contribution in [2.24, 2.45) is 17.8 Å². The van der Waals surface area contributed by atoms with Gasteiger partial charge in [-0.25, -0.2) is 0 Å². The summed E-state index contributed by atoms with van der Waals surface area (Å²) in [6.07, 6.45) is 5.91. The molecule has 4 atom stereocenters. The lowest BCUT2D eigenvalue weighted by molar-refractivity contribution is -0.122. The van der Waals surface area contributed by atoms with Gasteiger partial charge in [-0.05, 0) is 56.1 Å². The van der Waals surface area contributed by atoms with Gasteiger partial charge in [-0.1, -0.05) is 24.6 Å². The molecule has 1 N–H and O–H groups in total. The third kappa shape index (κ3) is 3.58. The van der Waals surface area contributed by atoms with Crippen LogP contribution in [0.3, 0.4) is 0 Å². The molecule has 0 radical (unpaired) electrons. The summed E-state index contributed by atoms with van der Waals surface area (Å²) in [6, 6.07) is 9.96. The Balaban J connectivity index is 1.38. The number of benzene rings is 1. The van der Waals surface area contributed by atoms with E-state index in [4.69, 9.17) is 4.74 Å². The molecule has 114 valence electrons. The van der Waals surface area contributed by atoms with E-state index in [2.05, 4.69) is 12.2 Å². The fourth-order valence-electron chi connectivity index (χ4n) is 4.12. The molecule has 1 aromatic carbocycles. The Bertz CT molecular complexity index is 473. The van der Waals surface area contributed by atoms with E-state index in [0.717, 1.165) is 17.6 Å². The lowest BCUT2D eigenvalue weighted by atomic mass is 9.84. The molecular formula is C18H25NO2. The summed E-state index contributed by atoms with van der Waals surface area (Å²) >= 11 is 0. The highest BCUT2D eigenvalue weighted by molar-refractivity contribution is 5.76. The van der Waals surface area contributed by atoms with Crippen LogP contribution in [-0.2, 0) is 4.79 Å². The standard InChI is InChI=1S/C18H25NO2/c1-13(17-12-14-7-8-15(17)11-14)19-18(20)9-10-21-16-5-3-2-4-6-16/h2-6,13-15,17H,7-12H2,1H3,(H,19,20)/t13-,14+,15+,17+/m1/s1. The van der Waals surface area contributed by atoms with Crippen molar-refractivity contribution >= 4 is 5.91 Å². The molecule has 3 rings (SSSR count). The van der Waals surface area contributed by atoms with Gasteiger partial charge in [0.1, 0.15) is 5.75 Å². The second-order valence-corrected chi connectivity index (χ2v) is 6.61. The maximum Gasteiger partial charge on any atom is 0.223 e. The highest BCUT2D eigenvalue weighted by Crippen LogP contribution is 2.49. The molecule has 2 saturated carbocycles. The van der Waals surface area contributed by atoms with Crippen LogP contribution in [0.15, 0.2) is 30.3 Å². The summed E-state index contributed by atoms with van der Waals surface area (Å²) in [6.45, 7) is 2.61. The predicted molar refractivity (Wildman–Crippen MR) is 83.1 cm³/mol. The number of hydrogen-bond donors (Lipinski definition) is 1. The van der Waals surface area contributed by atoms with Crippen molar-refractivity contribution < 1.29 is 9.53 Å². The van der Waals surface area contributed by atoms with Gasteiger partial charge in [-0.15, -0.1) is 0 Å². The zero-order valence-corrected chi connectivity index (χ0v) is 12.8. The SMILES string of the molecule is C[C@@H](NC(=O)CCOc1ccccc1)[C@@H]1C[C@H]2CC[C@H]1C2. The quantitative estimate of drug-likeness (QED) is 0.871. The fourth-order valence-corrected chi connectivity index (χ4v) is 4.12.